The third kappa shape index (κ3) is 7.00. The number of carbonyl (C=O) groups excluding carboxylic acids is 3. The average molecular weight is 444 g/mol. The lowest BCUT2D eigenvalue weighted by atomic mass is 10.2. The van der Waals surface area contributed by atoms with E-state index >= 15 is 0 Å². The van der Waals surface area contributed by atoms with Gasteiger partial charge in [-0.3, -0.25) is 14.4 Å². The summed E-state index contributed by atoms with van der Waals surface area (Å²) in [5.74, 6) is -1.17. The Balaban J connectivity index is 1.77. The maximum atomic E-state index is 12.1. The molecule has 0 aliphatic rings. The van der Waals surface area contributed by atoms with Crippen molar-refractivity contribution in [1.29, 1.82) is 0 Å². The lowest BCUT2D eigenvalue weighted by Crippen LogP contribution is -2.46. The SMILES string of the molecule is Cc1cc(Br)ccc1NC(=O)CNC(=O)C(C)NC(=O)/C=C/c1ccccc1. The number of benzene rings is 2. The van der Waals surface area contributed by atoms with Crippen LogP contribution in [0.25, 0.3) is 6.08 Å². The number of hydrogen-bond acceptors (Lipinski definition) is 3. The van der Waals surface area contributed by atoms with Crippen LogP contribution in [0.3, 0.4) is 0 Å². The Morgan fingerprint density at radius 3 is 2.50 bits per heavy atom. The van der Waals surface area contributed by atoms with Crippen LogP contribution < -0.4 is 16.0 Å². The van der Waals surface area contributed by atoms with Gasteiger partial charge >= 0.3 is 0 Å². The van der Waals surface area contributed by atoms with Crippen molar-refractivity contribution in [3.8, 4) is 0 Å². The van der Waals surface area contributed by atoms with E-state index < -0.39 is 11.9 Å². The minimum Gasteiger partial charge on any atom is -0.345 e. The van der Waals surface area contributed by atoms with Gasteiger partial charge in [0.2, 0.25) is 17.7 Å². The first-order chi connectivity index (χ1) is 13.3. The van der Waals surface area contributed by atoms with Gasteiger partial charge in [-0.2, -0.15) is 0 Å². The lowest BCUT2D eigenvalue weighted by molar-refractivity contribution is -0.127. The van der Waals surface area contributed by atoms with E-state index in [1.54, 1.807) is 19.1 Å². The number of amides is 3. The van der Waals surface area contributed by atoms with E-state index in [-0.39, 0.29) is 18.4 Å². The van der Waals surface area contributed by atoms with E-state index in [9.17, 15) is 14.4 Å². The molecular weight excluding hydrogens is 422 g/mol. The largest absolute Gasteiger partial charge is 0.345 e. The Morgan fingerprint density at radius 2 is 1.82 bits per heavy atom. The summed E-state index contributed by atoms with van der Waals surface area (Å²) >= 11 is 3.36. The van der Waals surface area contributed by atoms with Gasteiger partial charge in [0, 0.05) is 16.2 Å². The van der Waals surface area contributed by atoms with Gasteiger partial charge in [-0.05, 0) is 49.2 Å². The van der Waals surface area contributed by atoms with Crippen LogP contribution in [0.15, 0.2) is 59.1 Å². The second-order valence-corrected chi connectivity index (χ2v) is 7.12. The molecule has 0 radical (unpaired) electrons. The molecule has 146 valence electrons. The molecule has 1 unspecified atom stereocenters. The molecule has 2 rings (SSSR count). The summed E-state index contributed by atoms with van der Waals surface area (Å²) in [6.07, 6.45) is 3.02. The summed E-state index contributed by atoms with van der Waals surface area (Å²) in [7, 11) is 0. The molecule has 0 bridgehead atoms. The highest BCUT2D eigenvalue weighted by Gasteiger charge is 2.15. The molecule has 0 heterocycles. The number of hydrogen-bond donors (Lipinski definition) is 3. The van der Waals surface area contributed by atoms with Gasteiger partial charge in [0.1, 0.15) is 6.04 Å². The molecule has 2 aromatic rings. The van der Waals surface area contributed by atoms with Crippen LogP contribution in [0.2, 0.25) is 0 Å². The smallest absolute Gasteiger partial charge is 0.244 e. The average Bonchev–Trinajstić information content (AvgIpc) is 2.67. The van der Waals surface area contributed by atoms with Gasteiger partial charge in [0.25, 0.3) is 0 Å². The van der Waals surface area contributed by atoms with Crippen molar-refractivity contribution >= 4 is 45.4 Å². The summed E-state index contributed by atoms with van der Waals surface area (Å²) in [5.41, 5.74) is 2.46. The summed E-state index contributed by atoms with van der Waals surface area (Å²) in [5, 5.41) is 7.82. The van der Waals surface area contributed by atoms with E-state index in [0.29, 0.717) is 5.69 Å². The van der Waals surface area contributed by atoms with Crippen molar-refractivity contribution in [2.24, 2.45) is 0 Å². The first-order valence-corrected chi connectivity index (χ1v) is 9.52. The summed E-state index contributed by atoms with van der Waals surface area (Å²) in [4.78, 5) is 36.0. The number of nitrogens with one attached hydrogen (secondary N) is 3. The molecule has 3 amide bonds. The highest BCUT2D eigenvalue weighted by atomic mass is 79.9. The van der Waals surface area contributed by atoms with E-state index in [1.807, 2.05) is 49.4 Å². The third-order valence-corrected chi connectivity index (χ3v) is 4.36. The Labute approximate surface area is 172 Å². The zero-order valence-corrected chi connectivity index (χ0v) is 17.2. The molecule has 1 atom stereocenters. The Bertz CT molecular complexity index is 882. The van der Waals surface area contributed by atoms with Crippen LogP contribution >= 0.6 is 15.9 Å². The zero-order valence-electron chi connectivity index (χ0n) is 15.7. The predicted molar refractivity (Wildman–Crippen MR) is 114 cm³/mol. The minimum atomic E-state index is -0.768. The molecule has 0 aliphatic carbocycles. The first kappa shape index (κ1) is 21.4. The van der Waals surface area contributed by atoms with Crippen LogP contribution in [-0.4, -0.2) is 30.3 Å². The molecule has 0 fully saturated rings. The molecule has 0 spiro atoms. The van der Waals surface area contributed by atoms with Crippen LogP contribution in [-0.2, 0) is 14.4 Å². The second-order valence-electron chi connectivity index (χ2n) is 6.20. The van der Waals surface area contributed by atoms with Gasteiger partial charge in [-0.25, -0.2) is 0 Å². The molecule has 0 aliphatic heterocycles. The predicted octanol–water partition coefficient (Wildman–Crippen LogP) is 3.03. The van der Waals surface area contributed by atoms with Crippen molar-refractivity contribution < 1.29 is 14.4 Å². The van der Waals surface area contributed by atoms with Crippen LogP contribution in [0, 0.1) is 6.92 Å². The van der Waals surface area contributed by atoms with Crippen LogP contribution in [0.1, 0.15) is 18.1 Å². The Morgan fingerprint density at radius 1 is 1.11 bits per heavy atom. The highest BCUT2D eigenvalue weighted by Crippen LogP contribution is 2.19. The maximum absolute atomic E-state index is 12.1. The molecule has 0 saturated heterocycles. The monoisotopic (exact) mass is 443 g/mol. The first-order valence-electron chi connectivity index (χ1n) is 8.72. The van der Waals surface area contributed by atoms with E-state index in [0.717, 1.165) is 15.6 Å². The van der Waals surface area contributed by atoms with Gasteiger partial charge in [-0.15, -0.1) is 0 Å². The van der Waals surface area contributed by atoms with Crippen LogP contribution in [0.4, 0.5) is 5.69 Å². The van der Waals surface area contributed by atoms with Crippen molar-refractivity contribution in [3.63, 3.8) is 0 Å². The molecule has 0 aromatic heterocycles. The Hall–Kier alpha value is -2.93. The minimum absolute atomic E-state index is 0.186. The van der Waals surface area contributed by atoms with Gasteiger partial charge < -0.3 is 16.0 Å². The number of halogens is 1. The van der Waals surface area contributed by atoms with Gasteiger partial charge in [0.05, 0.1) is 6.54 Å². The van der Waals surface area contributed by atoms with Crippen molar-refractivity contribution in [1.82, 2.24) is 10.6 Å². The fourth-order valence-corrected chi connectivity index (χ4v) is 2.82. The number of carbonyl (C=O) groups is 3. The zero-order chi connectivity index (χ0) is 20.5. The molecule has 28 heavy (non-hydrogen) atoms. The van der Waals surface area contributed by atoms with Gasteiger partial charge in [0.15, 0.2) is 0 Å². The summed E-state index contributed by atoms with van der Waals surface area (Å²) in [6.45, 7) is 3.24. The van der Waals surface area contributed by atoms with E-state index in [4.69, 9.17) is 0 Å². The van der Waals surface area contributed by atoms with Crippen molar-refractivity contribution in [3.05, 3.63) is 70.2 Å². The van der Waals surface area contributed by atoms with E-state index in [1.165, 1.54) is 6.08 Å². The quantitative estimate of drug-likeness (QED) is 0.574. The summed E-state index contributed by atoms with van der Waals surface area (Å²) < 4.78 is 0.919. The molecule has 3 N–H and O–H groups in total. The normalized spacial score (nSPS) is 11.7. The number of rotatable bonds is 7. The molecule has 0 saturated carbocycles. The molecule has 2 aromatic carbocycles. The number of anilines is 1. The van der Waals surface area contributed by atoms with E-state index in [2.05, 4.69) is 31.9 Å². The fourth-order valence-electron chi connectivity index (χ4n) is 2.35. The lowest BCUT2D eigenvalue weighted by Gasteiger charge is -2.13. The number of aryl methyl sites for hydroxylation is 1. The molecule has 6 nitrogen and oxygen atoms in total. The maximum Gasteiger partial charge on any atom is 0.244 e. The summed E-state index contributed by atoms with van der Waals surface area (Å²) in [6, 6.07) is 14.1. The standard InChI is InChI=1S/C21H22BrN3O3/c1-14-12-17(22)9-10-18(14)25-20(27)13-23-21(28)15(2)24-19(26)11-8-16-6-4-3-5-7-16/h3-12,15H,13H2,1-2H3,(H,23,28)(H,24,26)(H,25,27)/b11-8+. The Kier molecular flexibility index (Phi) is 7.95. The van der Waals surface area contributed by atoms with Crippen molar-refractivity contribution in [2.75, 3.05) is 11.9 Å². The van der Waals surface area contributed by atoms with Gasteiger partial charge in [-0.1, -0.05) is 46.3 Å². The third-order valence-electron chi connectivity index (χ3n) is 3.86. The van der Waals surface area contributed by atoms with Crippen LogP contribution in [0.5, 0.6) is 0 Å². The molecule has 7 heteroatoms. The van der Waals surface area contributed by atoms with Crippen molar-refractivity contribution in [2.45, 2.75) is 19.9 Å². The second kappa shape index (κ2) is 10.4. The highest BCUT2D eigenvalue weighted by molar-refractivity contribution is 9.10. The topological polar surface area (TPSA) is 87.3 Å². The molecular formula is C21H22BrN3O3. The fraction of sp³-hybridized carbons (Fsp3) is 0.190.